The van der Waals surface area contributed by atoms with Gasteiger partial charge < -0.3 is 15.3 Å². The Balaban J connectivity index is 2.71. The van der Waals surface area contributed by atoms with Gasteiger partial charge in [-0.3, -0.25) is 0 Å². The third kappa shape index (κ3) is 4.91. The van der Waals surface area contributed by atoms with E-state index in [1.165, 1.54) is 5.56 Å². The maximum absolute atomic E-state index is 12.1. The number of anilines is 1. The van der Waals surface area contributed by atoms with Crippen LogP contribution in [-0.2, 0) is 0 Å². The molecule has 2 amide bonds. The largest absolute Gasteiger partial charge is 0.395 e. The molecule has 0 spiro atoms. The minimum atomic E-state index is -0.156. The third-order valence-electron chi connectivity index (χ3n) is 2.96. The lowest BCUT2D eigenvalue weighted by atomic mass is 10.0. The Kier molecular flexibility index (Phi) is 6.36. The van der Waals surface area contributed by atoms with Gasteiger partial charge in [-0.25, -0.2) is 4.79 Å². The van der Waals surface area contributed by atoms with Crippen molar-refractivity contribution in [2.45, 2.75) is 33.1 Å². The Bertz CT molecular complexity index is 399. The molecule has 1 aromatic rings. The molecular formula is C15H24N2O2. The first-order valence-electron chi connectivity index (χ1n) is 6.85. The molecule has 106 valence electrons. The van der Waals surface area contributed by atoms with E-state index in [9.17, 15) is 4.79 Å². The first kappa shape index (κ1) is 15.5. The Labute approximate surface area is 115 Å². The molecule has 4 nitrogen and oxygen atoms in total. The van der Waals surface area contributed by atoms with Gasteiger partial charge in [0.25, 0.3) is 0 Å². The minimum absolute atomic E-state index is 0.0144. The fraction of sp³-hybridized carbons (Fsp3) is 0.533. The number of aliphatic hydroxyl groups is 1. The van der Waals surface area contributed by atoms with Gasteiger partial charge in [-0.1, -0.05) is 32.9 Å². The number of nitrogens with one attached hydrogen (secondary N) is 1. The van der Waals surface area contributed by atoms with Crippen molar-refractivity contribution in [1.29, 1.82) is 0 Å². The van der Waals surface area contributed by atoms with Crippen molar-refractivity contribution >= 4 is 11.7 Å². The number of benzene rings is 1. The lowest BCUT2D eigenvalue weighted by Gasteiger charge is -2.21. The number of nitrogens with zero attached hydrogens (tertiary/aromatic N) is 1. The summed E-state index contributed by atoms with van der Waals surface area (Å²) in [5.74, 6) is 0.432. The molecule has 1 rings (SSSR count). The van der Waals surface area contributed by atoms with Gasteiger partial charge in [0.2, 0.25) is 0 Å². The molecule has 0 bridgehead atoms. The van der Waals surface area contributed by atoms with Crippen molar-refractivity contribution in [3.8, 4) is 0 Å². The van der Waals surface area contributed by atoms with Crippen LogP contribution in [-0.4, -0.2) is 35.7 Å². The summed E-state index contributed by atoms with van der Waals surface area (Å²) in [7, 11) is 0. The van der Waals surface area contributed by atoms with Crippen molar-refractivity contribution in [3.05, 3.63) is 29.8 Å². The second-order valence-corrected chi connectivity index (χ2v) is 4.92. The van der Waals surface area contributed by atoms with Crippen molar-refractivity contribution in [1.82, 2.24) is 4.90 Å². The summed E-state index contributed by atoms with van der Waals surface area (Å²) < 4.78 is 0. The topological polar surface area (TPSA) is 52.6 Å². The number of urea groups is 1. The summed E-state index contributed by atoms with van der Waals surface area (Å²) >= 11 is 0. The normalized spacial score (nSPS) is 10.6. The number of hydrogen-bond donors (Lipinski definition) is 2. The van der Waals surface area contributed by atoms with E-state index in [2.05, 4.69) is 25.2 Å². The Morgan fingerprint density at radius 3 is 2.68 bits per heavy atom. The van der Waals surface area contributed by atoms with Crippen LogP contribution in [0.3, 0.4) is 0 Å². The average Bonchev–Trinajstić information content (AvgIpc) is 2.38. The molecule has 2 N–H and O–H groups in total. The summed E-state index contributed by atoms with van der Waals surface area (Å²) in [6, 6.07) is 7.72. The number of aliphatic hydroxyl groups excluding tert-OH is 1. The summed E-state index contributed by atoms with van der Waals surface area (Å²) in [5.41, 5.74) is 2.00. The van der Waals surface area contributed by atoms with Crippen LogP contribution >= 0.6 is 0 Å². The van der Waals surface area contributed by atoms with E-state index in [0.717, 1.165) is 12.1 Å². The lowest BCUT2D eigenvalue weighted by molar-refractivity contribution is 0.188. The standard InChI is InChI=1S/C15H24N2O2/c1-4-8-17(9-10-18)15(19)16-14-7-5-6-13(11-14)12(2)3/h5-7,11-12,18H,4,8-10H2,1-3H3,(H,16,19). The Morgan fingerprint density at radius 2 is 2.11 bits per heavy atom. The second-order valence-electron chi connectivity index (χ2n) is 4.92. The monoisotopic (exact) mass is 264 g/mol. The first-order chi connectivity index (χ1) is 9.08. The van der Waals surface area contributed by atoms with Gasteiger partial charge in [-0.15, -0.1) is 0 Å². The lowest BCUT2D eigenvalue weighted by Crippen LogP contribution is -2.37. The molecule has 0 aliphatic rings. The average molecular weight is 264 g/mol. The molecule has 4 heteroatoms. The molecule has 0 unspecified atom stereocenters. The molecule has 0 saturated carbocycles. The molecule has 0 aliphatic heterocycles. The highest BCUT2D eigenvalue weighted by atomic mass is 16.3. The summed E-state index contributed by atoms with van der Waals surface area (Å²) in [5, 5.41) is 11.9. The molecule has 0 heterocycles. The number of carbonyl (C=O) groups excluding carboxylic acids is 1. The fourth-order valence-corrected chi connectivity index (χ4v) is 1.88. The number of amides is 2. The van der Waals surface area contributed by atoms with E-state index in [1.807, 2.05) is 25.1 Å². The van der Waals surface area contributed by atoms with Gasteiger partial charge in [-0.05, 0) is 30.0 Å². The van der Waals surface area contributed by atoms with E-state index in [-0.39, 0.29) is 12.6 Å². The van der Waals surface area contributed by atoms with E-state index >= 15 is 0 Å². The highest BCUT2D eigenvalue weighted by Crippen LogP contribution is 2.18. The van der Waals surface area contributed by atoms with Gasteiger partial charge in [0.1, 0.15) is 0 Å². The van der Waals surface area contributed by atoms with Crippen molar-refractivity contribution < 1.29 is 9.90 Å². The van der Waals surface area contributed by atoms with Gasteiger partial charge in [0.05, 0.1) is 6.61 Å². The molecule has 0 atom stereocenters. The second kappa shape index (κ2) is 7.79. The van der Waals surface area contributed by atoms with Crippen molar-refractivity contribution in [2.75, 3.05) is 25.0 Å². The van der Waals surface area contributed by atoms with E-state index in [4.69, 9.17) is 5.11 Å². The van der Waals surface area contributed by atoms with Gasteiger partial charge in [0.15, 0.2) is 0 Å². The number of rotatable bonds is 6. The van der Waals surface area contributed by atoms with Crippen LogP contribution in [0.25, 0.3) is 0 Å². The highest BCUT2D eigenvalue weighted by molar-refractivity contribution is 5.89. The highest BCUT2D eigenvalue weighted by Gasteiger charge is 2.12. The molecule has 0 radical (unpaired) electrons. The molecule has 0 fully saturated rings. The maximum atomic E-state index is 12.1. The van der Waals surface area contributed by atoms with Crippen molar-refractivity contribution in [3.63, 3.8) is 0 Å². The third-order valence-corrected chi connectivity index (χ3v) is 2.96. The molecule has 0 aromatic heterocycles. The number of hydrogen-bond acceptors (Lipinski definition) is 2. The zero-order chi connectivity index (χ0) is 14.3. The minimum Gasteiger partial charge on any atom is -0.395 e. The fourth-order valence-electron chi connectivity index (χ4n) is 1.88. The summed E-state index contributed by atoms with van der Waals surface area (Å²) in [6.45, 7) is 7.25. The number of carbonyl (C=O) groups is 1. The first-order valence-corrected chi connectivity index (χ1v) is 6.85. The SMILES string of the molecule is CCCN(CCO)C(=O)Nc1cccc(C(C)C)c1. The van der Waals surface area contributed by atoms with Crippen LogP contribution in [0.4, 0.5) is 10.5 Å². The van der Waals surface area contributed by atoms with E-state index in [1.54, 1.807) is 4.90 Å². The Morgan fingerprint density at radius 1 is 1.37 bits per heavy atom. The van der Waals surface area contributed by atoms with Crippen LogP contribution in [0.5, 0.6) is 0 Å². The summed E-state index contributed by atoms with van der Waals surface area (Å²) in [4.78, 5) is 13.7. The summed E-state index contributed by atoms with van der Waals surface area (Å²) in [6.07, 6.45) is 0.874. The smallest absolute Gasteiger partial charge is 0.321 e. The predicted molar refractivity (Wildman–Crippen MR) is 78.5 cm³/mol. The van der Waals surface area contributed by atoms with Crippen LogP contribution in [0, 0.1) is 0 Å². The zero-order valence-electron chi connectivity index (χ0n) is 12.0. The van der Waals surface area contributed by atoms with E-state index < -0.39 is 0 Å². The van der Waals surface area contributed by atoms with Crippen LogP contribution < -0.4 is 5.32 Å². The van der Waals surface area contributed by atoms with E-state index in [0.29, 0.717) is 19.0 Å². The van der Waals surface area contributed by atoms with Gasteiger partial charge in [0, 0.05) is 18.8 Å². The van der Waals surface area contributed by atoms with Crippen LogP contribution in [0.1, 0.15) is 38.7 Å². The molecule has 1 aromatic carbocycles. The molecule has 19 heavy (non-hydrogen) atoms. The Hall–Kier alpha value is -1.55. The zero-order valence-corrected chi connectivity index (χ0v) is 12.0. The quantitative estimate of drug-likeness (QED) is 0.829. The van der Waals surface area contributed by atoms with Crippen LogP contribution in [0.2, 0.25) is 0 Å². The van der Waals surface area contributed by atoms with Crippen molar-refractivity contribution in [2.24, 2.45) is 0 Å². The van der Waals surface area contributed by atoms with Gasteiger partial charge in [-0.2, -0.15) is 0 Å². The predicted octanol–water partition coefficient (Wildman–Crippen LogP) is 3.05. The molecular weight excluding hydrogens is 240 g/mol. The maximum Gasteiger partial charge on any atom is 0.321 e. The van der Waals surface area contributed by atoms with Crippen LogP contribution in [0.15, 0.2) is 24.3 Å². The molecule has 0 aliphatic carbocycles. The molecule has 0 saturated heterocycles. The van der Waals surface area contributed by atoms with Gasteiger partial charge >= 0.3 is 6.03 Å².